The topological polar surface area (TPSA) is 56.2 Å². The molecule has 0 radical (unpaired) electrons. The van der Waals surface area contributed by atoms with E-state index in [2.05, 4.69) is 15.2 Å². The molecule has 0 saturated heterocycles. The number of nitrogens with zero attached hydrogens (tertiary/aromatic N) is 4. The first-order valence-corrected chi connectivity index (χ1v) is 7.24. The Hall–Kier alpha value is -2.73. The highest BCUT2D eigenvalue weighted by Crippen LogP contribution is 2.28. The lowest BCUT2D eigenvalue weighted by molar-refractivity contribution is 0.568. The van der Waals surface area contributed by atoms with Crippen molar-refractivity contribution in [2.45, 2.75) is 6.92 Å². The normalized spacial score (nSPS) is 11.3. The van der Waals surface area contributed by atoms with Crippen molar-refractivity contribution in [3.05, 3.63) is 59.1 Å². The van der Waals surface area contributed by atoms with Crippen LogP contribution in [0.15, 0.2) is 47.0 Å². The van der Waals surface area contributed by atoms with Crippen LogP contribution in [-0.4, -0.2) is 19.6 Å². The van der Waals surface area contributed by atoms with Crippen molar-refractivity contribution >= 4 is 17.2 Å². The quantitative estimate of drug-likeness (QED) is 0.554. The number of aromatic nitrogens is 4. The highest BCUT2D eigenvalue weighted by Gasteiger charge is 2.19. The van der Waals surface area contributed by atoms with Crippen LogP contribution in [0.1, 0.15) is 5.69 Å². The smallest absolute Gasteiger partial charge is 0.266 e. The maximum absolute atomic E-state index is 13.8. The SMILES string of the molecule is Cc1nc2ccc(Cl)cn2c1-c1nnc(-c2ccccc2F)o1. The van der Waals surface area contributed by atoms with Crippen molar-refractivity contribution in [1.82, 2.24) is 19.6 Å². The molecule has 0 aliphatic rings. The molecule has 0 saturated carbocycles. The lowest BCUT2D eigenvalue weighted by atomic mass is 10.2. The van der Waals surface area contributed by atoms with Crippen LogP contribution < -0.4 is 0 Å². The summed E-state index contributed by atoms with van der Waals surface area (Å²) >= 11 is 6.04. The molecule has 1 aromatic carbocycles. The third kappa shape index (κ3) is 2.27. The molecule has 0 aliphatic carbocycles. The molecule has 0 atom stereocenters. The van der Waals surface area contributed by atoms with Gasteiger partial charge in [0.15, 0.2) is 0 Å². The average molecular weight is 329 g/mol. The average Bonchev–Trinajstić information content (AvgIpc) is 3.11. The van der Waals surface area contributed by atoms with Crippen molar-refractivity contribution in [3.8, 4) is 23.0 Å². The van der Waals surface area contributed by atoms with Gasteiger partial charge in [0.05, 0.1) is 16.3 Å². The summed E-state index contributed by atoms with van der Waals surface area (Å²) in [5.41, 5.74) is 2.33. The second kappa shape index (κ2) is 5.17. The van der Waals surface area contributed by atoms with Crippen LogP contribution in [0.5, 0.6) is 0 Å². The highest BCUT2D eigenvalue weighted by atomic mass is 35.5. The molecule has 0 fully saturated rings. The lowest BCUT2D eigenvalue weighted by Crippen LogP contribution is -1.89. The zero-order valence-corrected chi connectivity index (χ0v) is 12.8. The molecule has 0 N–H and O–H groups in total. The first-order valence-electron chi connectivity index (χ1n) is 6.86. The molecule has 114 valence electrons. The molecule has 23 heavy (non-hydrogen) atoms. The molecule has 4 aromatic rings. The van der Waals surface area contributed by atoms with Gasteiger partial charge in [-0.1, -0.05) is 23.7 Å². The minimum Gasteiger partial charge on any atom is -0.414 e. The van der Waals surface area contributed by atoms with Gasteiger partial charge in [0, 0.05) is 6.20 Å². The number of halogens is 2. The monoisotopic (exact) mass is 328 g/mol. The fourth-order valence-electron chi connectivity index (χ4n) is 2.46. The van der Waals surface area contributed by atoms with E-state index in [9.17, 15) is 4.39 Å². The summed E-state index contributed by atoms with van der Waals surface area (Å²) in [6, 6.07) is 9.80. The first kappa shape index (κ1) is 13.9. The zero-order chi connectivity index (χ0) is 16.0. The van der Waals surface area contributed by atoms with Crippen LogP contribution in [-0.2, 0) is 0 Å². The van der Waals surface area contributed by atoms with E-state index < -0.39 is 5.82 Å². The van der Waals surface area contributed by atoms with Crippen molar-refractivity contribution in [2.24, 2.45) is 0 Å². The Morgan fingerprint density at radius 1 is 1.09 bits per heavy atom. The Labute approximate surface area is 135 Å². The van der Waals surface area contributed by atoms with Gasteiger partial charge in [0.2, 0.25) is 0 Å². The van der Waals surface area contributed by atoms with Crippen molar-refractivity contribution in [3.63, 3.8) is 0 Å². The summed E-state index contributed by atoms with van der Waals surface area (Å²) in [4.78, 5) is 4.43. The molecule has 0 aliphatic heterocycles. The maximum Gasteiger partial charge on any atom is 0.266 e. The predicted octanol–water partition coefficient (Wildman–Crippen LogP) is 4.15. The number of fused-ring (bicyclic) bond motifs is 1. The maximum atomic E-state index is 13.8. The van der Waals surface area contributed by atoms with E-state index in [-0.39, 0.29) is 17.3 Å². The molecular weight excluding hydrogens is 319 g/mol. The molecule has 7 heteroatoms. The number of aryl methyl sites for hydroxylation is 1. The van der Waals surface area contributed by atoms with E-state index in [0.717, 1.165) is 5.69 Å². The first-order chi connectivity index (χ1) is 11.1. The summed E-state index contributed by atoms with van der Waals surface area (Å²) in [6.07, 6.45) is 1.72. The molecular formula is C16H10ClFN4O. The molecule has 0 unspecified atom stereocenters. The molecule has 4 rings (SSSR count). The molecule has 0 spiro atoms. The van der Waals surface area contributed by atoms with Gasteiger partial charge in [-0.3, -0.25) is 4.40 Å². The van der Waals surface area contributed by atoms with Crippen LogP contribution in [0.3, 0.4) is 0 Å². The van der Waals surface area contributed by atoms with E-state index in [4.69, 9.17) is 16.0 Å². The van der Waals surface area contributed by atoms with E-state index in [1.165, 1.54) is 6.07 Å². The number of hydrogen-bond donors (Lipinski definition) is 0. The molecule has 0 amide bonds. The van der Waals surface area contributed by atoms with E-state index in [1.54, 1.807) is 40.9 Å². The lowest BCUT2D eigenvalue weighted by Gasteiger charge is -1.99. The second-order valence-electron chi connectivity index (χ2n) is 5.01. The number of hydrogen-bond acceptors (Lipinski definition) is 4. The Morgan fingerprint density at radius 3 is 2.70 bits per heavy atom. The van der Waals surface area contributed by atoms with Gasteiger partial charge in [-0.25, -0.2) is 9.37 Å². The van der Waals surface area contributed by atoms with Gasteiger partial charge < -0.3 is 4.42 Å². The third-order valence-electron chi connectivity index (χ3n) is 3.49. The van der Waals surface area contributed by atoms with Crippen LogP contribution in [0.25, 0.3) is 28.7 Å². The third-order valence-corrected chi connectivity index (χ3v) is 3.71. The van der Waals surface area contributed by atoms with E-state index in [0.29, 0.717) is 16.4 Å². The number of rotatable bonds is 2. The van der Waals surface area contributed by atoms with Crippen molar-refractivity contribution in [1.29, 1.82) is 0 Å². The number of benzene rings is 1. The van der Waals surface area contributed by atoms with Gasteiger partial charge in [0.25, 0.3) is 11.8 Å². The predicted molar refractivity (Wildman–Crippen MR) is 83.6 cm³/mol. The minimum atomic E-state index is -0.416. The Balaban J connectivity index is 1.88. The Bertz CT molecular complexity index is 1020. The number of imidazole rings is 1. The minimum absolute atomic E-state index is 0.120. The summed E-state index contributed by atoms with van der Waals surface area (Å²) < 4.78 is 21.3. The van der Waals surface area contributed by atoms with Gasteiger partial charge in [-0.15, -0.1) is 10.2 Å². The van der Waals surface area contributed by atoms with Crippen molar-refractivity contribution < 1.29 is 8.81 Å². The van der Waals surface area contributed by atoms with Crippen LogP contribution in [0.2, 0.25) is 5.02 Å². The highest BCUT2D eigenvalue weighted by molar-refractivity contribution is 6.30. The fraction of sp³-hybridized carbons (Fsp3) is 0.0625. The summed E-state index contributed by atoms with van der Waals surface area (Å²) in [7, 11) is 0. The largest absolute Gasteiger partial charge is 0.414 e. The summed E-state index contributed by atoms with van der Waals surface area (Å²) in [6.45, 7) is 1.84. The van der Waals surface area contributed by atoms with Gasteiger partial charge in [-0.2, -0.15) is 0 Å². The van der Waals surface area contributed by atoms with Gasteiger partial charge >= 0.3 is 0 Å². The van der Waals surface area contributed by atoms with E-state index in [1.807, 2.05) is 6.92 Å². The van der Waals surface area contributed by atoms with Crippen LogP contribution in [0.4, 0.5) is 4.39 Å². The van der Waals surface area contributed by atoms with Gasteiger partial charge in [0.1, 0.15) is 17.2 Å². The van der Waals surface area contributed by atoms with Gasteiger partial charge in [-0.05, 0) is 31.2 Å². The Morgan fingerprint density at radius 2 is 1.87 bits per heavy atom. The second-order valence-corrected chi connectivity index (χ2v) is 5.45. The van der Waals surface area contributed by atoms with E-state index >= 15 is 0 Å². The molecule has 3 heterocycles. The molecule has 0 bridgehead atoms. The van der Waals surface area contributed by atoms with Crippen LogP contribution >= 0.6 is 11.6 Å². The summed E-state index contributed by atoms with van der Waals surface area (Å²) in [5.74, 6) is -0.0365. The van der Waals surface area contributed by atoms with Crippen molar-refractivity contribution in [2.75, 3.05) is 0 Å². The molecule has 5 nitrogen and oxygen atoms in total. The van der Waals surface area contributed by atoms with Crippen LogP contribution in [0, 0.1) is 12.7 Å². The fourth-order valence-corrected chi connectivity index (χ4v) is 2.62. The zero-order valence-electron chi connectivity index (χ0n) is 12.0. The Kier molecular flexibility index (Phi) is 3.12. The standard InChI is InChI=1S/C16H10ClFN4O/c1-9-14(22-8-10(17)6-7-13(22)19-9)16-21-20-15(23-16)11-4-2-3-5-12(11)18/h2-8H,1H3. The number of pyridine rings is 1. The summed E-state index contributed by atoms with van der Waals surface area (Å²) in [5, 5.41) is 8.53. The molecule has 3 aromatic heterocycles.